The van der Waals surface area contributed by atoms with E-state index in [1.807, 2.05) is 0 Å². The molecule has 0 aromatic heterocycles. The van der Waals surface area contributed by atoms with Gasteiger partial charge >= 0.3 is 0 Å². The first-order valence-electron chi connectivity index (χ1n) is 5.56. The fourth-order valence-corrected chi connectivity index (χ4v) is 3.19. The highest BCUT2D eigenvalue weighted by Crippen LogP contribution is 2.59. The average Bonchev–Trinajstić information content (AvgIpc) is 2.17. The van der Waals surface area contributed by atoms with Gasteiger partial charge in [-0.3, -0.25) is 0 Å². The summed E-state index contributed by atoms with van der Waals surface area (Å²) in [4.78, 5) is 0. The smallest absolute Gasteiger partial charge is 0.216 e. The van der Waals surface area contributed by atoms with E-state index in [9.17, 15) is 0 Å². The molecule has 3 heteroatoms. The molecule has 3 rings (SSSR count). The number of thiocarbonyl (C=S) groups is 1. The van der Waals surface area contributed by atoms with Crippen LogP contribution in [0.5, 0.6) is 0 Å². The fraction of sp³-hybridized carbons (Fsp3) is 0.750. The third-order valence-corrected chi connectivity index (χ3v) is 4.45. The van der Waals surface area contributed by atoms with E-state index in [2.05, 4.69) is 32.6 Å². The SMILES string of the molecule is CC1(C)[C@H]2CC=C(CCOC(=S)S)[C@@H]1C2. The molecule has 2 bridgehead atoms. The fourth-order valence-electron chi connectivity index (χ4n) is 3.01. The molecule has 0 heterocycles. The first-order chi connectivity index (χ1) is 7.01. The van der Waals surface area contributed by atoms with E-state index in [4.69, 9.17) is 17.0 Å². The third-order valence-electron chi connectivity index (χ3n) is 4.20. The standard InChI is InChI=1S/C12H18OS2/c1-12(2)9-4-3-8(10(12)7-9)5-6-13-11(14)15/h3,9-10H,4-7H2,1-2H3,(H,14,15)/t9-,10-/m0/s1. The molecule has 0 aliphatic heterocycles. The van der Waals surface area contributed by atoms with Crippen molar-refractivity contribution < 1.29 is 4.74 Å². The lowest BCUT2D eigenvalue weighted by Gasteiger charge is -2.56. The van der Waals surface area contributed by atoms with Crippen LogP contribution in [0.2, 0.25) is 0 Å². The molecule has 0 amide bonds. The molecular formula is C12H18OS2. The number of allylic oxidation sites excluding steroid dienone is 1. The molecule has 2 atom stereocenters. The summed E-state index contributed by atoms with van der Waals surface area (Å²) >= 11 is 8.72. The van der Waals surface area contributed by atoms with Crippen LogP contribution in [0.4, 0.5) is 0 Å². The van der Waals surface area contributed by atoms with E-state index in [1.54, 1.807) is 5.57 Å². The third kappa shape index (κ3) is 2.09. The summed E-state index contributed by atoms with van der Waals surface area (Å²) in [5, 5.41) is 0. The van der Waals surface area contributed by atoms with Crippen molar-refractivity contribution in [3.63, 3.8) is 0 Å². The van der Waals surface area contributed by atoms with Crippen LogP contribution in [0.15, 0.2) is 11.6 Å². The van der Waals surface area contributed by atoms with Gasteiger partial charge in [0.15, 0.2) is 0 Å². The number of fused-ring (bicyclic) bond motifs is 1. The summed E-state index contributed by atoms with van der Waals surface area (Å²) in [6.45, 7) is 5.47. The summed E-state index contributed by atoms with van der Waals surface area (Å²) < 4.78 is 5.59. The van der Waals surface area contributed by atoms with Crippen molar-refractivity contribution >= 4 is 29.2 Å². The van der Waals surface area contributed by atoms with Gasteiger partial charge in [0.05, 0.1) is 6.61 Å². The largest absolute Gasteiger partial charge is 0.478 e. The molecule has 3 aliphatic carbocycles. The van der Waals surface area contributed by atoms with Crippen LogP contribution in [0.3, 0.4) is 0 Å². The number of hydrogen-bond donors (Lipinski definition) is 1. The van der Waals surface area contributed by atoms with Crippen molar-refractivity contribution in [3.05, 3.63) is 11.6 Å². The minimum absolute atomic E-state index is 0.358. The summed E-state index contributed by atoms with van der Waals surface area (Å²) in [5.74, 6) is 1.70. The van der Waals surface area contributed by atoms with E-state index >= 15 is 0 Å². The molecule has 0 spiro atoms. The van der Waals surface area contributed by atoms with Crippen LogP contribution in [-0.2, 0) is 4.74 Å². The van der Waals surface area contributed by atoms with Gasteiger partial charge in [-0.1, -0.05) is 38.1 Å². The molecule has 0 aromatic carbocycles. The maximum atomic E-state index is 5.23. The Kier molecular flexibility index (Phi) is 3.13. The summed E-state index contributed by atoms with van der Waals surface area (Å²) in [5.41, 5.74) is 2.10. The predicted octanol–water partition coefficient (Wildman–Crippen LogP) is 3.60. The van der Waals surface area contributed by atoms with Crippen molar-refractivity contribution in [1.29, 1.82) is 0 Å². The second-order valence-corrected chi connectivity index (χ2v) is 6.27. The second kappa shape index (κ2) is 4.10. The molecule has 1 fully saturated rings. The van der Waals surface area contributed by atoms with Crippen LogP contribution in [-0.4, -0.2) is 11.0 Å². The van der Waals surface area contributed by atoms with Crippen molar-refractivity contribution in [2.24, 2.45) is 17.3 Å². The van der Waals surface area contributed by atoms with E-state index in [1.165, 1.54) is 12.8 Å². The van der Waals surface area contributed by atoms with Gasteiger partial charge in [0.1, 0.15) is 0 Å². The molecule has 0 unspecified atom stereocenters. The highest BCUT2D eigenvalue weighted by molar-refractivity contribution is 8.10. The zero-order valence-electron chi connectivity index (χ0n) is 9.32. The van der Waals surface area contributed by atoms with Gasteiger partial charge in [-0.15, -0.1) is 0 Å². The van der Waals surface area contributed by atoms with Gasteiger partial charge < -0.3 is 4.74 Å². The van der Waals surface area contributed by atoms with E-state index < -0.39 is 0 Å². The van der Waals surface area contributed by atoms with Crippen LogP contribution in [0.1, 0.15) is 33.1 Å². The Morgan fingerprint density at radius 2 is 2.40 bits per heavy atom. The lowest BCUT2D eigenvalue weighted by Crippen LogP contribution is -2.48. The van der Waals surface area contributed by atoms with Crippen LogP contribution in [0.25, 0.3) is 0 Å². The minimum Gasteiger partial charge on any atom is -0.478 e. The molecule has 0 saturated heterocycles. The normalized spacial score (nSPS) is 31.5. The molecular weight excluding hydrogens is 224 g/mol. The van der Waals surface area contributed by atoms with Gasteiger partial charge in [-0.05, 0) is 42.3 Å². The molecule has 15 heavy (non-hydrogen) atoms. The first kappa shape index (κ1) is 11.5. The number of thiol groups is 1. The monoisotopic (exact) mass is 242 g/mol. The van der Waals surface area contributed by atoms with Crippen molar-refractivity contribution in [2.75, 3.05) is 6.61 Å². The maximum absolute atomic E-state index is 5.23. The first-order valence-corrected chi connectivity index (χ1v) is 6.42. The van der Waals surface area contributed by atoms with Gasteiger partial charge in [0, 0.05) is 6.42 Å². The lowest BCUT2D eigenvalue weighted by molar-refractivity contribution is -0.00922. The zero-order valence-corrected chi connectivity index (χ0v) is 11.0. The van der Waals surface area contributed by atoms with Gasteiger partial charge in [0.25, 0.3) is 0 Å². The molecule has 1 nitrogen and oxygen atoms in total. The Morgan fingerprint density at radius 1 is 1.67 bits per heavy atom. The predicted molar refractivity (Wildman–Crippen MR) is 70.2 cm³/mol. The Labute approximate surface area is 103 Å². The van der Waals surface area contributed by atoms with E-state index in [-0.39, 0.29) is 0 Å². The maximum Gasteiger partial charge on any atom is 0.216 e. The highest BCUT2D eigenvalue weighted by Gasteiger charge is 2.50. The van der Waals surface area contributed by atoms with Crippen molar-refractivity contribution in [1.82, 2.24) is 0 Å². The molecule has 3 aliphatic rings. The second-order valence-electron chi connectivity index (χ2n) is 5.19. The van der Waals surface area contributed by atoms with Crippen LogP contribution < -0.4 is 0 Å². The Hall–Kier alpha value is -0.0200. The van der Waals surface area contributed by atoms with Gasteiger partial charge in [-0.25, -0.2) is 0 Å². The molecule has 1 saturated carbocycles. The van der Waals surface area contributed by atoms with Crippen molar-refractivity contribution in [2.45, 2.75) is 33.1 Å². The molecule has 0 aromatic rings. The highest BCUT2D eigenvalue weighted by atomic mass is 32.1. The quantitative estimate of drug-likeness (QED) is 0.460. The number of hydrogen-bond acceptors (Lipinski definition) is 2. The van der Waals surface area contributed by atoms with Crippen molar-refractivity contribution in [3.8, 4) is 0 Å². The summed E-state index contributed by atoms with van der Waals surface area (Å²) in [6, 6.07) is 0. The molecule has 0 radical (unpaired) electrons. The molecule has 0 N–H and O–H groups in total. The lowest BCUT2D eigenvalue weighted by atomic mass is 9.48. The minimum atomic E-state index is 0.358. The number of rotatable bonds is 3. The summed E-state index contributed by atoms with van der Waals surface area (Å²) in [7, 11) is 0. The zero-order chi connectivity index (χ0) is 11.1. The summed E-state index contributed by atoms with van der Waals surface area (Å²) in [6.07, 6.45) is 6.06. The Bertz CT molecular complexity index is 307. The molecule has 84 valence electrons. The van der Waals surface area contributed by atoms with E-state index in [0.717, 1.165) is 18.3 Å². The van der Waals surface area contributed by atoms with Gasteiger partial charge in [0.2, 0.25) is 4.38 Å². The van der Waals surface area contributed by atoms with Gasteiger partial charge in [-0.2, -0.15) is 0 Å². The Morgan fingerprint density at radius 3 is 2.93 bits per heavy atom. The van der Waals surface area contributed by atoms with Crippen LogP contribution in [0, 0.1) is 17.3 Å². The van der Waals surface area contributed by atoms with Crippen LogP contribution >= 0.6 is 24.8 Å². The average molecular weight is 242 g/mol. The Balaban J connectivity index is 1.88. The number of ether oxygens (including phenoxy) is 1. The van der Waals surface area contributed by atoms with E-state index in [0.29, 0.717) is 16.4 Å². The topological polar surface area (TPSA) is 9.23 Å².